The van der Waals surface area contributed by atoms with Crippen LogP contribution in [-0.4, -0.2) is 0 Å². The second-order valence-corrected chi connectivity index (χ2v) is 5.32. The van der Waals surface area contributed by atoms with Crippen LogP contribution >= 0.6 is 34.5 Å². The molecule has 5 heteroatoms. The van der Waals surface area contributed by atoms with Gasteiger partial charge in [0.25, 0.3) is 0 Å². The van der Waals surface area contributed by atoms with Crippen LogP contribution in [0.1, 0.15) is 10.4 Å². The molecule has 90 valence electrons. The molecule has 1 heterocycles. The van der Waals surface area contributed by atoms with Crippen molar-refractivity contribution in [1.82, 2.24) is 0 Å². The fourth-order valence-electron chi connectivity index (χ4n) is 1.46. The molecule has 1 aromatic carbocycles. The molecule has 0 bridgehead atoms. The number of hydrogen-bond donors (Lipinski definition) is 1. The molecule has 17 heavy (non-hydrogen) atoms. The molecule has 0 spiro atoms. The third-order valence-corrected chi connectivity index (χ3v) is 3.59. The quantitative estimate of drug-likeness (QED) is 0.919. The van der Waals surface area contributed by atoms with Gasteiger partial charge in [-0.15, -0.1) is 11.3 Å². The van der Waals surface area contributed by atoms with E-state index in [0.29, 0.717) is 28.9 Å². The maximum absolute atomic E-state index is 6.09. The van der Waals surface area contributed by atoms with Crippen molar-refractivity contribution >= 4 is 34.5 Å². The summed E-state index contributed by atoms with van der Waals surface area (Å²) in [4.78, 5) is 1.14. The Balaban J connectivity index is 2.19. The standard InChI is InChI=1S/C12H11Cl2NOS/c13-9-4-8(6-15)12(11(14)5-9)16-7-10-2-1-3-17-10/h1-5H,6-7,15H2. The maximum Gasteiger partial charge on any atom is 0.143 e. The minimum atomic E-state index is 0.347. The lowest BCUT2D eigenvalue weighted by molar-refractivity contribution is 0.307. The highest BCUT2D eigenvalue weighted by molar-refractivity contribution is 7.09. The number of hydrogen-bond acceptors (Lipinski definition) is 3. The fourth-order valence-corrected chi connectivity index (χ4v) is 2.67. The van der Waals surface area contributed by atoms with Crippen LogP contribution in [-0.2, 0) is 13.2 Å². The van der Waals surface area contributed by atoms with E-state index in [9.17, 15) is 0 Å². The van der Waals surface area contributed by atoms with Crippen LogP contribution in [0.15, 0.2) is 29.6 Å². The van der Waals surface area contributed by atoms with E-state index in [0.717, 1.165) is 10.4 Å². The first-order valence-corrected chi connectivity index (χ1v) is 6.67. The first kappa shape index (κ1) is 12.7. The Morgan fingerprint density at radius 1 is 1.29 bits per heavy atom. The van der Waals surface area contributed by atoms with Crippen LogP contribution in [0.3, 0.4) is 0 Å². The minimum absolute atomic E-state index is 0.347. The van der Waals surface area contributed by atoms with Gasteiger partial charge in [-0.2, -0.15) is 0 Å². The lowest BCUT2D eigenvalue weighted by Gasteiger charge is -2.12. The van der Waals surface area contributed by atoms with E-state index >= 15 is 0 Å². The average Bonchev–Trinajstić information content (AvgIpc) is 2.79. The fraction of sp³-hybridized carbons (Fsp3) is 0.167. The Hall–Kier alpha value is -0.740. The molecule has 0 amide bonds. The summed E-state index contributed by atoms with van der Waals surface area (Å²) < 4.78 is 5.70. The summed E-state index contributed by atoms with van der Waals surface area (Å²) >= 11 is 13.6. The number of ether oxygens (including phenoxy) is 1. The molecule has 0 fully saturated rings. The summed E-state index contributed by atoms with van der Waals surface area (Å²) in [6.45, 7) is 0.839. The highest BCUT2D eigenvalue weighted by atomic mass is 35.5. The Morgan fingerprint density at radius 2 is 2.12 bits per heavy atom. The van der Waals surface area contributed by atoms with Gasteiger partial charge >= 0.3 is 0 Å². The van der Waals surface area contributed by atoms with Gasteiger partial charge in [0, 0.05) is 22.0 Å². The van der Waals surface area contributed by atoms with Crippen LogP contribution in [0.4, 0.5) is 0 Å². The van der Waals surface area contributed by atoms with E-state index in [2.05, 4.69) is 0 Å². The largest absolute Gasteiger partial charge is 0.486 e. The second-order valence-electron chi connectivity index (χ2n) is 3.45. The second kappa shape index (κ2) is 5.74. The number of thiophene rings is 1. The van der Waals surface area contributed by atoms with Crippen LogP contribution in [0.5, 0.6) is 5.75 Å². The monoisotopic (exact) mass is 287 g/mol. The van der Waals surface area contributed by atoms with Crippen LogP contribution < -0.4 is 10.5 Å². The first-order valence-electron chi connectivity index (χ1n) is 5.04. The lowest BCUT2D eigenvalue weighted by Crippen LogP contribution is -2.02. The molecule has 2 nitrogen and oxygen atoms in total. The van der Waals surface area contributed by atoms with Crippen molar-refractivity contribution < 1.29 is 4.74 Å². The van der Waals surface area contributed by atoms with E-state index < -0.39 is 0 Å². The third kappa shape index (κ3) is 3.13. The van der Waals surface area contributed by atoms with Crippen molar-refractivity contribution in [2.45, 2.75) is 13.2 Å². The normalized spacial score (nSPS) is 10.5. The van der Waals surface area contributed by atoms with Crippen molar-refractivity contribution in [3.8, 4) is 5.75 Å². The van der Waals surface area contributed by atoms with Crippen molar-refractivity contribution in [3.63, 3.8) is 0 Å². The van der Waals surface area contributed by atoms with Gasteiger partial charge < -0.3 is 10.5 Å². The topological polar surface area (TPSA) is 35.2 Å². The zero-order valence-corrected chi connectivity index (χ0v) is 11.3. The van der Waals surface area contributed by atoms with Crippen molar-refractivity contribution in [3.05, 3.63) is 50.1 Å². The predicted octanol–water partition coefficient (Wildman–Crippen LogP) is 4.09. The summed E-state index contributed by atoms with van der Waals surface area (Å²) in [5.41, 5.74) is 6.46. The molecule has 2 rings (SSSR count). The summed E-state index contributed by atoms with van der Waals surface area (Å²) in [6, 6.07) is 7.43. The summed E-state index contributed by atoms with van der Waals surface area (Å²) in [7, 11) is 0. The SMILES string of the molecule is NCc1cc(Cl)cc(Cl)c1OCc1cccs1. The Morgan fingerprint density at radius 3 is 2.76 bits per heavy atom. The van der Waals surface area contributed by atoms with Crippen molar-refractivity contribution in [2.75, 3.05) is 0 Å². The first-order chi connectivity index (χ1) is 8.20. The molecular formula is C12H11Cl2NOS. The summed E-state index contributed by atoms with van der Waals surface area (Å²) in [6.07, 6.45) is 0. The zero-order valence-electron chi connectivity index (χ0n) is 8.95. The van der Waals surface area contributed by atoms with E-state index in [1.54, 1.807) is 23.5 Å². The third-order valence-electron chi connectivity index (χ3n) is 2.24. The van der Waals surface area contributed by atoms with Crippen LogP contribution in [0.25, 0.3) is 0 Å². The number of rotatable bonds is 4. The molecule has 0 aliphatic carbocycles. The Kier molecular flexibility index (Phi) is 4.29. The van der Waals surface area contributed by atoms with Gasteiger partial charge in [0.15, 0.2) is 0 Å². The number of halogens is 2. The van der Waals surface area contributed by atoms with E-state index in [4.69, 9.17) is 33.7 Å². The smallest absolute Gasteiger partial charge is 0.143 e. The Bertz CT molecular complexity index is 499. The van der Waals surface area contributed by atoms with Crippen molar-refractivity contribution in [2.24, 2.45) is 5.73 Å². The lowest BCUT2D eigenvalue weighted by atomic mass is 10.2. The molecule has 0 saturated carbocycles. The van der Waals surface area contributed by atoms with E-state index in [-0.39, 0.29) is 0 Å². The summed E-state index contributed by atoms with van der Waals surface area (Å²) in [5.74, 6) is 0.618. The highest BCUT2D eigenvalue weighted by Gasteiger charge is 2.10. The van der Waals surface area contributed by atoms with Crippen molar-refractivity contribution in [1.29, 1.82) is 0 Å². The van der Waals surface area contributed by atoms with Gasteiger partial charge in [-0.1, -0.05) is 29.3 Å². The van der Waals surface area contributed by atoms with Gasteiger partial charge in [-0.05, 0) is 23.6 Å². The summed E-state index contributed by atoms with van der Waals surface area (Å²) in [5, 5.41) is 3.07. The molecule has 0 radical (unpaired) electrons. The molecule has 0 aliphatic rings. The molecule has 2 aromatic rings. The predicted molar refractivity (Wildman–Crippen MR) is 73.0 cm³/mol. The van der Waals surface area contributed by atoms with Gasteiger partial charge in [-0.3, -0.25) is 0 Å². The van der Waals surface area contributed by atoms with Crippen LogP contribution in [0.2, 0.25) is 10.0 Å². The van der Waals surface area contributed by atoms with E-state index in [1.165, 1.54) is 0 Å². The highest BCUT2D eigenvalue weighted by Crippen LogP contribution is 2.33. The van der Waals surface area contributed by atoms with E-state index in [1.807, 2.05) is 17.5 Å². The number of benzene rings is 1. The maximum atomic E-state index is 6.09. The molecule has 1 aromatic heterocycles. The molecule has 0 unspecified atom stereocenters. The minimum Gasteiger partial charge on any atom is -0.486 e. The van der Waals surface area contributed by atoms with Gasteiger partial charge in [0.1, 0.15) is 12.4 Å². The average molecular weight is 288 g/mol. The number of nitrogens with two attached hydrogens (primary N) is 1. The molecule has 0 saturated heterocycles. The van der Waals surface area contributed by atoms with Gasteiger partial charge in [0.05, 0.1) is 5.02 Å². The molecule has 0 atom stereocenters. The Labute approximate surface area is 114 Å². The van der Waals surface area contributed by atoms with Gasteiger partial charge in [0.2, 0.25) is 0 Å². The van der Waals surface area contributed by atoms with Crippen LogP contribution in [0, 0.1) is 0 Å². The molecule has 0 aliphatic heterocycles. The molecular weight excluding hydrogens is 277 g/mol. The zero-order chi connectivity index (χ0) is 12.3. The van der Waals surface area contributed by atoms with Gasteiger partial charge in [-0.25, -0.2) is 0 Å². The molecule has 2 N–H and O–H groups in total.